The summed E-state index contributed by atoms with van der Waals surface area (Å²) < 4.78 is 0. The number of rotatable bonds is 2. The molecule has 0 aliphatic rings. The third-order valence-corrected chi connectivity index (χ3v) is 2.61. The highest BCUT2D eigenvalue weighted by Crippen LogP contribution is 2.25. The first kappa shape index (κ1) is 10.6. The van der Waals surface area contributed by atoms with Gasteiger partial charge >= 0.3 is 0 Å². The Hall–Kier alpha value is -1.87. The van der Waals surface area contributed by atoms with Crippen molar-refractivity contribution in [2.75, 3.05) is 0 Å². The Morgan fingerprint density at radius 1 is 1.31 bits per heavy atom. The van der Waals surface area contributed by atoms with Crippen molar-refractivity contribution in [3.8, 4) is 17.0 Å². The van der Waals surface area contributed by atoms with Gasteiger partial charge in [0.1, 0.15) is 5.75 Å². The molecule has 0 unspecified atom stereocenters. The zero-order chi connectivity index (χ0) is 11.5. The van der Waals surface area contributed by atoms with Crippen molar-refractivity contribution in [3.05, 3.63) is 47.7 Å². The van der Waals surface area contributed by atoms with E-state index in [1.54, 1.807) is 0 Å². The smallest absolute Gasteiger partial charge is 0.138 e. The van der Waals surface area contributed by atoms with Crippen molar-refractivity contribution in [1.82, 2.24) is 4.98 Å². The minimum absolute atomic E-state index is 0.153. The fraction of sp³-hybridized carbons (Fsp3) is 0.154. The quantitative estimate of drug-likeness (QED) is 0.805. The maximum absolute atomic E-state index is 9.51. The summed E-state index contributed by atoms with van der Waals surface area (Å²) >= 11 is 0. The first-order valence-corrected chi connectivity index (χ1v) is 5.16. The Labute approximate surface area is 94.6 Å². The minimum atomic E-state index is 0.153. The summed E-state index contributed by atoms with van der Waals surface area (Å²) in [5.74, 6) is 0.153. The average Bonchev–Trinajstić information content (AvgIpc) is 2.31. The molecule has 2 rings (SSSR count). The van der Waals surface area contributed by atoms with Crippen LogP contribution < -0.4 is 5.73 Å². The van der Waals surface area contributed by atoms with E-state index in [4.69, 9.17) is 5.73 Å². The first-order chi connectivity index (χ1) is 7.72. The Kier molecular flexibility index (Phi) is 2.88. The molecule has 0 amide bonds. The van der Waals surface area contributed by atoms with Crippen LogP contribution in [0.3, 0.4) is 0 Å². The van der Waals surface area contributed by atoms with Gasteiger partial charge in [0.25, 0.3) is 0 Å². The van der Waals surface area contributed by atoms with Gasteiger partial charge in [0.2, 0.25) is 0 Å². The monoisotopic (exact) mass is 214 g/mol. The number of nitrogens with two attached hydrogens (primary N) is 1. The fourth-order valence-corrected chi connectivity index (χ4v) is 1.66. The molecule has 3 heteroatoms. The maximum Gasteiger partial charge on any atom is 0.138 e. The van der Waals surface area contributed by atoms with Crippen LogP contribution in [0.4, 0.5) is 0 Å². The third kappa shape index (κ3) is 1.90. The molecule has 0 radical (unpaired) electrons. The molecule has 0 fully saturated rings. The summed E-state index contributed by atoms with van der Waals surface area (Å²) in [5, 5.41) is 9.51. The van der Waals surface area contributed by atoms with Crippen molar-refractivity contribution < 1.29 is 5.11 Å². The standard InChI is InChI=1S/C13H14N2O/c1-9-4-2-3-5-11(9)12-6-10(7-14)13(16)8-15-12/h2-6,8,16H,7,14H2,1H3. The number of pyridine rings is 1. The second-order valence-corrected chi connectivity index (χ2v) is 3.72. The zero-order valence-electron chi connectivity index (χ0n) is 9.14. The van der Waals surface area contributed by atoms with E-state index in [0.29, 0.717) is 12.1 Å². The van der Waals surface area contributed by atoms with E-state index in [1.807, 2.05) is 37.3 Å². The lowest BCUT2D eigenvalue weighted by Crippen LogP contribution is -1.98. The molecule has 0 bridgehead atoms. The highest BCUT2D eigenvalue weighted by Gasteiger charge is 2.06. The number of nitrogens with zero attached hydrogens (tertiary/aromatic N) is 1. The lowest BCUT2D eigenvalue weighted by Gasteiger charge is -2.07. The van der Waals surface area contributed by atoms with Crippen LogP contribution in [0.1, 0.15) is 11.1 Å². The van der Waals surface area contributed by atoms with Gasteiger partial charge in [-0.15, -0.1) is 0 Å². The number of aromatic hydroxyl groups is 1. The number of benzene rings is 1. The van der Waals surface area contributed by atoms with Crippen LogP contribution in [-0.4, -0.2) is 10.1 Å². The SMILES string of the molecule is Cc1ccccc1-c1cc(CN)c(O)cn1. The summed E-state index contributed by atoms with van der Waals surface area (Å²) in [6.07, 6.45) is 1.45. The van der Waals surface area contributed by atoms with Gasteiger partial charge in [0.15, 0.2) is 0 Å². The van der Waals surface area contributed by atoms with E-state index >= 15 is 0 Å². The molecule has 82 valence electrons. The number of hydrogen-bond acceptors (Lipinski definition) is 3. The zero-order valence-corrected chi connectivity index (χ0v) is 9.14. The average molecular weight is 214 g/mol. The second-order valence-electron chi connectivity index (χ2n) is 3.72. The lowest BCUT2D eigenvalue weighted by molar-refractivity contribution is 0.466. The molecule has 3 nitrogen and oxygen atoms in total. The highest BCUT2D eigenvalue weighted by atomic mass is 16.3. The molecule has 16 heavy (non-hydrogen) atoms. The van der Waals surface area contributed by atoms with Crippen LogP contribution in [0, 0.1) is 6.92 Å². The van der Waals surface area contributed by atoms with Crippen molar-refractivity contribution in [1.29, 1.82) is 0 Å². The molecule has 3 N–H and O–H groups in total. The van der Waals surface area contributed by atoms with Crippen molar-refractivity contribution >= 4 is 0 Å². The van der Waals surface area contributed by atoms with Gasteiger partial charge < -0.3 is 10.8 Å². The molecule has 0 spiro atoms. The summed E-state index contributed by atoms with van der Waals surface area (Å²) in [6, 6.07) is 9.83. The Balaban J connectivity index is 2.53. The van der Waals surface area contributed by atoms with E-state index in [1.165, 1.54) is 6.20 Å². The number of aromatic nitrogens is 1. The van der Waals surface area contributed by atoms with E-state index in [-0.39, 0.29) is 5.75 Å². The number of hydrogen-bond donors (Lipinski definition) is 2. The van der Waals surface area contributed by atoms with Gasteiger partial charge in [-0.3, -0.25) is 4.98 Å². The van der Waals surface area contributed by atoms with E-state index in [0.717, 1.165) is 16.8 Å². The minimum Gasteiger partial charge on any atom is -0.506 e. The van der Waals surface area contributed by atoms with Crippen LogP contribution in [0.2, 0.25) is 0 Å². The summed E-state index contributed by atoms with van der Waals surface area (Å²) in [4.78, 5) is 4.21. The molecule has 0 atom stereocenters. The molecule has 0 aliphatic carbocycles. The van der Waals surface area contributed by atoms with Crippen molar-refractivity contribution in [2.24, 2.45) is 5.73 Å². The molecule has 0 saturated carbocycles. The van der Waals surface area contributed by atoms with Gasteiger partial charge in [-0.2, -0.15) is 0 Å². The Bertz CT molecular complexity index is 509. The van der Waals surface area contributed by atoms with Crippen molar-refractivity contribution in [2.45, 2.75) is 13.5 Å². The predicted octanol–water partition coefficient (Wildman–Crippen LogP) is 2.22. The van der Waals surface area contributed by atoms with Gasteiger partial charge in [-0.1, -0.05) is 24.3 Å². The van der Waals surface area contributed by atoms with E-state index in [2.05, 4.69) is 4.98 Å². The highest BCUT2D eigenvalue weighted by molar-refractivity contribution is 5.64. The summed E-state index contributed by atoms with van der Waals surface area (Å²) in [7, 11) is 0. The first-order valence-electron chi connectivity index (χ1n) is 5.16. The molecule has 0 aliphatic heterocycles. The van der Waals surface area contributed by atoms with Crippen LogP contribution in [0.5, 0.6) is 5.75 Å². The number of aryl methyl sites for hydroxylation is 1. The fourth-order valence-electron chi connectivity index (χ4n) is 1.66. The van der Waals surface area contributed by atoms with Crippen LogP contribution in [-0.2, 0) is 6.54 Å². The van der Waals surface area contributed by atoms with Gasteiger partial charge in [-0.25, -0.2) is 0 Å². The van der Waals surface area contributed by atoms with Crippen LogP contribution >= 0.6 is 0 Å². The summed E-state index contributed by atoms with van der Waals surface area (Å²) in [5.41, 5.74) is 9.33. The second kappa shape index (κ2) is 4.33. The molecule has 1 aromatic carbocycles. The molecular formula is C13H14N2O. The van der Waals surface area contributed by atoms with Gasteiger partial charge in [0, 0.05) is 17.7 Å². The third-order valence-electron chi connectivity index (χ3n) is 2.61. The van der Waals surface area contributed by atoms with E-state index in [9.17, 15) is 5.11 Å². The van der Waals surface area contributed by atoms with Gasteiger partial charge in [0.05, 0.1) is 11.9 Å². The van der Waals surface area contributed by atoms with Crippen molar-refractivity contribution in [3.63, 3.8) is 0 Å². The normalized spacial score (nSPS) is 10.4. The van der Waals surface area contributed by atoms with E-state index < -0.39 is 0 Å². The summed E-state index contributed by atoms with van der Waals surface area (Å²) in [6.45, 7) is 2.35. The molecule has 1 heterocycles. The molecule has 1 aromatic heterocycles. The predicted molar refractivity (Wildman–Crippen MR) is 64.0 cm³/mol. The topological polar surface area (TPSA) is 59.1 Å². The Morgan fingerprint density at radius 2 is 2.06 bits per heavy atom. The van der Waals surface area contributed by atoms with Crippen LogP contribution in [0.15, 0.2) is 36.5 Å². The maximum atomic E-state index is 9.51. The van der Waals surface area contributed by atoms with Gasteiger partial charge in [-0.05, 0) is 18.6 Å². The van der Waals surface area contributed by atoms with Crippen LogP contribution in [0.25, 0.3) is 11.3 Å². The molecule has 0 saturated heterocycles. The lowest BCUT2D eigenvalue weighted by atomic mass is 10.0. The molecular weight excluding hydrogens is 200 g/mol. The molecule has 2 aromatic rings. The Morgan fingerprint density at radius 3 is 2.75 bits per heavy atom. The largest absolute Gasteiger partial charge is 0.506 e.